The Balaban J connectivity index is 1.51. The number of oxazole rings is 1. The summed E-state index contributed by atoms with van der Waals surface area (Å²) in [5.41, 5.74) is 2.60. The minimum Gasteiger partial charge on any atom is -0.441 e. The molecule has 4 nitrogen and oxygen atoms in total. The first-order valence-electron chi connectivity index (χ1n) is 8.13. The lowest BCUT2D eigenvalue weighted by Crippen LogP contribution is -2.23. The topological polar surface area (TPSA) is 55.1 Å². The minimum atomic E-state index is -0.360. The van der Waals surface area contributed by atoms with Gasteiger partial charge in [0.05, 0.1) is 11.8 Å². The third-order valence-electron chi connectivity index (χ3n) is 3.87. The molecule has 3 rings (SSSR count). The highest BCUT2D eigenvalue weighted by atomic mass is 19.1. The monoisotopic (exact) mass is 338 g/mol. The van der Waals surface area contributed by atoms with Crippen molar-refractivity contribution in [2.24, 2.45) is 0 Å². The summed E-state index contributed by atoms with van der Waals surface area (Å²) in [5, 5.41) is 2.87. The molecule has 1 heterocycles. The zero-order valence-corrected chi connectivity index (χ0v) is 14.0. The van der Waals surface area contributed by atoms with Crippen LogP contribution in [0, 0.1) is 12.7 Å². The van der Waals surface area contributed by atoms with Crippen molar-refractivity contribution >= 4 is 5.91 Å². The average molecular weight is 338 g/mol. The van der Waals surface area contributed by atoms with Crippen LogP contribution in [0.2, 0.25) is 0 Å². The van der Waals surface area contributed by atoms with Crippen molar-refractivity contribution in [3.63, 3.8) is 0 Å². The number of benzene rings is 2. The van der Waals surface area contributed by atoms with Gasteiger partial charge in [0.25, 0.3) is 0 Å². The van der Waals surface area contributed by atoms with Crippen molar-refractivity contribution in [2.75, 3.05) is 0 Å². The molecule has 1 amide bonds. The molecule has 0 atom stereocenters. The zero-order valence-electron chi connectivity index (χ0n) is 14.0. The van der Waals surface area contributed by atoms with Crippen molar-refractivity contribution in [1.82, 2.24) is 10.3 Å². The number of hydrogen-bond acceptors (Lipinski definition) is 3. The number of nitrogens with zero attached hydrogens (tertiary/aromatic N) is 1. The second kappa shape index (κ2) is 7.75. The predicted octanol–water partition coefficient (Wildman–Crippen LogP) is 4.04. The SMILES string of the molecule is Cc1ccc(CNC(=O)CCc2ncc(-c3ccccc3F)o2)cc1. The molecule has 1 N–H and O–H groups in total. The maximum absolute atomic E-state index is 13.7. The highest BCUT2D eigenvalue weighted by Gasteiger charge is 2.11. The number of rotatable bonds is 6. The van der Waals surface area contributed by atoms with Gasteiger partial charge < -0.3 is 9.73 Å². The molecule has 128 valence electrons. The van der Waals surface area contributed by atoms with Gasteiger partial charge in [0.2, 0.25) is 5.91 Å². The number of carbonyl (C=O) groups is 1. The Morgan fingerprint density at radius 3 is 2.68 bits per heavy atom. The minimum absolute atomic E-state index is 0.0776. The molecule has 0 bridgehead atoms. The van der Waals surface area contributed by atoms with E-state index in [9.17, 15) is 9.18 Å². The van der Waals surface area contributed by atoms with Crippen molar-refractivity contribution in [3.05, 3.63) is 77.6 Å². The third kappa shape index (κ3) is 4.53. The molecule has 0 aliphatic rings. The second-order valence-electron chi connectivity index (χ2n) is 5.86. The number of hydrogen-bond donors (Lipinski definition) is 1. The fraction of sp³-hybridized carbons (Fsp3) is 0.200. The van der Waals surface area contributed by atoms with Crippen LogP contribution in [0.25, 0.3) is 11.3 Å². The molecule has 1 aromatic heterocycles. The molecule has 0 fully saturated rings. The van der Waals surface area contributed by atoms with Gasteiger partial charge in [-0.05, 0) is 24.6 Å². The van der Waals surface area contributed by atoms with Gasteiger partial charge >= 0.3 is 0 Å². The van der Waals surface area contributed by atoms with Gasteiger partial charge in [-0.25, -0.2) is 9.37 Å². The molecule has 0 spiro atoms. The van der Waals surface area contributed by atoms with Gasteiger partial charge in [-0.15, -0.1) is 0 Å². The first-order valence-corrected chi connectivity index (χ1v) is 8.13. The Morgan fingerprint density at radius 1 is 1.16 bits per heavy atom. The van der Waals surface area contributed by atoms with Crippen LogP contribution in [0.1, 0.15) is 23.4 Å². The van der Waals surface area contributed by atoms with Crippen LogP contribution in [0.15, 0.2) is 59.1 Å². The van der Waals surface area contributed by atoms with Crippen molar-refractivity contribution in [3.8, 4) is 11.3 Å². The quantitative estimate of drug-likeness (QED) is 0.738. The van der Waals surface area contributed by atoms with Crippen LogP contribution in [-0.2, 0) is 17.8 Å². The summed E-state index contributed by atoms with van der Waals surface area (Å²) in [6, 6.07) is 14.4. The molecule has 0 unspecified atom stereocenters. The standard InChI is InChI=1S/C20H19FN2O2/c1-14-6-8-15(9-7-14)12-22-19(24)10-11-20-23-13-18(25-20)16-4-2-3-5-17(16)21/h2-9,13H,10-12H2,1H3,(H,22,24). The van der Waals surface area contributed by atoms with Gasteiger partial charge in [-0.2, -0.15) is 0 Å². The molecular weight excluding hydrogens is 319 g/mol. The molecule has 3 aromatic rings. The highest BCUT2D eigenvalue weighted by Crippen LogP contribution is 2.23. The highest BCUT2D eigenvalue weighted by molar-refractivity contribution is 5.76. The Hall–Kier alpha value is -2.95. The first kappa shape index (κ1) is 16.9. The van der Waals surface area contributed by atoms with Gasteiger partial charge in [0, 0.05) is 19.4 Å². The smallest absolute Gasteiger partial charge is 0.220 e. The first-order chi connectivity index (χ1) is 12.1. The summed E-state index contributed by atoms with van der Waals surface area (Å²) < 4.78 is 19.3. The largest absolute Gasteiger partial charge is 0.441 e. The van der Waals surface area contributed by atoms with Crippen LogP contribution in [-0.4, -0.2) is 10.9 Å². The van der Waals surface area contributed by atoms with Crippen LogP contribution < -0.4 is 5.32 Å². The molecule has 2 aromatic carbocycles. The fourth-order valence-corrected chi connectivity index (χ4v) is 2.43. The average Bonchev–Trinajstić information content (AvgIpc) is 3.08. The van der Waals surface area contributed by atoms with Gasteiger partial charge in [0.15, 0.2) is 11.7 Å². The van der Waals surface area contributed by atoms with Gasteiger partial charge in [-0.3, -0.25) is 4.79 Å². The second-order valence-corrected chi connectivity index (χ2v) is 5.86. The fourth-order valence-electron chi connectivity index (χ4n) is 2.43. The van der Waals surface area contributed by atoms with E-state index in [1.165, 1.54) is 17.8 Å². The molecule has 25 heavy (non-hydrogen) atoms. The molecular formula is C20H19FN2O2. The normalized spacial score (nSPS) is 10.6. The number of halogens is 1. The van der Waals surface area contributed by atoms with Crippen LogP contribution in [0.4, 0.5) is 4.39 Å². The Bertz CT molecular complexity index is 856. The van der Waals surface area contributed by atoms with E-state index in [0.717, 1.165) is 5.56 Å². The van der Waals surface area contributed by atoms with E-state index in [2.05, 4.69) is 10.3 Å². The van der Waals surface area contributed by atoms with E-state index in [-0.39, 0.29) is 18.1 Å². The Kier molecular flexibility index (Phi) is 5.23. The van der Waals surface area contributed by atoms with Gasteiger partial charge in [-0.1, -0.05) is 42.0 Å². The lowest BCUT2D eigenvalue weighted by Gasteiger charge is -2.05. The van der Waals surface area contributed by atoms with E-state index in [0.29, 0.717) is 30.2 Å². The maximum atomic E-state index is 13.7. The third-order valence-corrected chi connectivity index (χ3v) is 3.87. The lowest BCUT2D eigenvalue weighted by molar-refractivity contribution is -0.121. The molecule has 0 radical (unpaired) electrons. The van der Waals surface area contributed by atoms with Crippen LogP contribution >= 0.6 is 0 Å². The summed E-state index contributed by atoms with van der Waals surface area (Å²) >= 11 is 0. The van der Waals surface area contributed by atoms with E-state index < -0.39 is 0 Å². The molecule has 0 aliphatic heterocycles. The number of nitrogens with one attached hydrogen (secondary N) is 1. The Labute approximate surface area is 145 Å². The Morgan fingerprint density at radius 2 is 1.92 bits per heavy atom. The summed E-state index contributed by atoms with van der Waals surface area (Å²) in [6.45, 7) is 2.51. The summed E-state index contributed by atoms with van der Waals surface area (Å²) in [6.07, 6.45) is 2.12. The lowest BCUT2D eigenvalue weighted by atomic mass is 10.1. The van der Waals surface area contributed by atoms with E-state index in [1.807, 2.05) is 31.2 Å². The predicted molar refractivity (Wildman–Crippen MR) is 93.2 cm³/mol. The number of aromatic nitrogens is 1. The summed E-state index contributed by atoms with van der Waals surface area (Å²) in [7, 11) is 0. The number of aryl methyl sites for hydroxylation is 2. The molecule has 5 heteroatoms. The van der Waals surface area contributed by atoms with E-state index >= 15 is 0 Å². The maximum Gasteiger partial charge on any atom is 0.220 e. The molecule has 0 saturated heterocycles. The molecule has 0 saturated carbocycles. The summed E-state index contributed by atoms with van der Waals surface area (Å²) in [5.74, 6) is 0.351. The summed E-state index contributed by atoms with van der Waals surface area (Å²) in [4.78, 5) is 16.1. The van der Waals surface area contributed by atoms with Crippen LogP contribution in [0.3, 0.4) is 0 Å². The van der Waals surface area contributed by atoms with Gasteiger partial charge in [0.1, 0.15) is 5.82 Å². The van der Waals surface area contributed by atoms with Crippen molar-refractivity contribution < 1.29 is 13.6 Å². The number of carbonyl (C=O) groups excluding carboxylic acids is 1. The van der Waals surface area contributed by atoms with Crippen molar-refractivity contribution in [1.29, 1.82) is 0 Å². The van der Waals surface area contributed by atoms with E-state index in [1.54, 1.807) is 18.2 Å². The van der Waals surface area contributed by atoms with Crippen LogP contribution in [0.5, 0.6) is 0 Å². The number of amides is 1. The van der Waals surface area contributed by atoms with E-state index in [4.69, 9.17) is 4.42 Å². The molecule has 0 aliphatic carbocycles. The zero-order chi connectivity index (χ0) is 17.6. The van der Waals surface area contributed by atoms with Crippen molar-refractivity contribution in [2.45, 2.75) is 26.3 Å².